The highest BCUT2D eigenvalue weighted by Crippen LogP contribution is 2.33. The van der Waals surface area contributed by atoms with Crippen LogP contribution in [-0.2, 0) is 6.42 Å². The van der Waals surface area contributed by atoms with Crippen LogP contribution in [0, 0.1) is 0 Å². The zero-order valence-corrected chi connectivity index (χ0v) is 13.3. The van der Waals surface area contributed by atoms with E-state index in [0.29, 0.717) is 10.6 Å². The molecule has 2 aromatic carbocycles. The molecule has 1 saturated carbocycles. The van der Waals surface area contributed by atoms with Crippen LogP contribution < -0.4 is 5.32 Å². The Morgan fingerprint density at radius 1 is 1.00 bits per heavy atom. The van der Waals surface area contributed by atoms with Gasteiger partial charge in [-0.3, -0.25) is 4.79 Å². The molecule has 3 rings (SSSR count). The molecule has 0 radical (unpaired) electrons. The Bertz CT molecular complexity index is 647. The van der Waals surface area contributed by atoms with Gasteiger partial charge < -0.3 is 5.32 Å². The zero-order chi connectivity index (χ0) is 15.4. The number of hydrogen-bond acceptors (Lipinski definition) is 1. The van der Waals surface area contributed by atoms with Crippen LogP contribution in [0.25, 0.3) is 0 Å². The first-order valence-electron chi connectivity index (χ1n) is 7.80. The Hall–Kier alpha value is -1.80. The Morgan fingerprint density at radius 3 is 2.32 bits per heavy atom. The molecule has 1 amide bonds. The molecule has 0 heterocycles. The number of carbonyl (C=O) groups excluding carboxylic acids is 1. The molecule has 3 heteroatoms. The van der Waals surface area contributed by atoms with Crippen molar-refractivity contribution in [3.8, 4) is 0 Å². The summed E-state index contributed by atoms with van der Waals surface area (Å²) >= 11 is 6.15. The van der Waals surface area contributed by atoms with E-state index in [2.05, 4.69) is 17.4 Å². The van der Waals surface area contributed by atoms with Crippen molar-refractivity contribution < 1.29 is 4.79 Å². The van der Waals surface area contributed by atoms with Crippen molar-refractivity contribution in [3.63, 3.8) is 0 Å². The molecule has 1 N–H and O–H groups in total. The molecule has 0 saturated heterocycles. The number of benzene rings is 2. The number of rotatable bonds is 4. The first-order chi connectivity index (χ1) is 10.7. The largest absolute Gasteiger partial charge is 0.346 e. The van der Waals surface area contributed by atoms with Gasteiger partial charge in [0.2, 0.25) is 0 Å². The molecule has 1 fully saturated rings. The summed E-state index contributed by atoms with van der Waals surface area (Å²) in [5.74, 6) is -0.0663. The summed E-state index contributed by atoms with van der Waals surface area (Å²) in [6, 6.07) is 17.6. The van der Waals surface area contributed by atoms with Gasteiger partial charge in [-0.15, -0.1) is 0 Å². The van der Waals surface area contributed by atoms with E-state index in [1.165, 1.54) is 5.56 Å². The highest BCUT2D eigenvalue weighted by Gasteiger charge is 2.35. The van der Waals surface area contributed by atoms with Crippen molar-refractivity contribution in [3.05, 3.63) is 70.7 Å². The zero-order valence-electron chi connectivity index (χ0n) is 12.5. The molecular formula is C19H20ClNO. The van der Waals surface area contributed by atoms with E-state index in [1.807, 2.05) is 30.3 Å². The van der Waals surface area contributed by atoms with E-state index in [9.17, 15) is 4.79 Å². The Labute approximate surface area is 136 Å². The summed E-state index contributed by atoms with van der Waals surface area (Å²) in [6.45, 7) is 0. The van der Waals surface area contributed by atoms with Gasteiger partial charge in [0.15, 0.2) is 0 Å². The molecule has 1 aliphatic rings. The molecule has 0 aliphatic heterocycles. The van der Waals surface area contributed by atoms with Crippen molar-refractivity contribution in [2.45, 2.75) is 37.6 Å². The molecule has 2 nitrogen and oxygen atoms in total. The highest BCUT2D eigenvalue weighted by molar-refractivity contribution is 6.33. The predicted octanol–water partition coefficient (Wildman–Crippen LogP) is 4.63. The van der Waals surface area contributed by atoms with Crippen LogP contribution in [0.3, 0.4) is 0 Å². The van der Waals surface area contributed by atoms with Gasteiger partial charge >= 0.3 is 0 Å². The van der Waals surface area contributed by atoms with Gasteiger partial charge in [0.25, 0.3) is 5.91 Å². The van der Waals surface area contributed by atoms with Crippen LogP contribution in [0.15, 0.2) is 54.6 Å². The first kappa shape index (κ1) is 15.1. The van der Waals surface area contributed by atoms with Crippen LogP contribution in [-0.4, -0.2) is 11.4 Å². The second kappa shape index (κ2) is 6.53. The fraction of sp³-hybridized carbons (Fsp3) is 0.316. The lowest BCUT2D eigenvalue weighted by molar-refractivity contribution is 0.0899. The number of carbonyl (C=O) groups is 1. The molecule has 1 aliphatic carbocycles. The van der Waals surface area contributed by atoms with E-state index >= 15 is 0 Å². The lowest BCUT2D eigenvalue weighted by Crippen LogP contribution is -2.48. The summed E-state index contributed by atoms with van der Waals surface area (Å²) in [5, 5.41) is 3.78. The summed E-state index contributed by atoms with van der Waals surface area (Å²) in [4.78, 5) is 12.6. The average Bonchev–Trinajstić information content (AvgIpc) is 2.96. The maximum atomic E-state index is 12.6. The second-order valence-corrected chi connectivity index (χ2v) is 6.49. The molecule has 114 valence electrons. The summed E-state index contributed by atoms with van der Waals surface area (Å²) < 4.78 is 0. The minimum atomic E-state index is -0.141. The van der Waals surface area contributed by atoms with E-state index in [0.717, 1.165) is 32.1 Å². The molecule has 0 bridgehead atoms. The highest BCUT2D eigenvalue weighted by atomic mass is 35.5. The molecule has 22 heavy (non-hydrogen) atoms. The fourth-order valence-corrected chi connectivity index (χ4v) is 3.56. The van der Waals surface area contributed by atoms with Gasteiger partial charge in [0.1, 0.15) is 0 Å². The SMILES string of the molecule is O=C(NC1(Cc2ccccc2)CCCC1)c1ccccc1Cl. The first-order valence-corrected chi connectivity index (χ1v) is 8.17. The summed E-state index contributed by atoms with van der Waals surface area (Å²) in [6.07, 6.45) is 5.26. The molecule has 0 aromatic heterocycles. The fourth-order valence-electron chi connectivity index (χ4n) is 3.34. The smallest absolute Gasteiger partial charge is 0.253 e. The molecule has 0 spiro atoms. The van der Waals surface area contributed by atoms with E-state index in [1.54, 1.807) is 12.1 Å². The van der Waals surface area contributed by atoms with Crippen LogP contribution >= 0.6 is 11.6 Å². The average molecular weight is 314 g/mol. The van der Waals surface area contributed by atoms with Crippen molar-refractivity contribution in [1.29, 1.82) is 0 Å². The van der Waals surface area contributed by atoms with Crippen LogP contribution in [0.5, 0.6) is 0 Å². The number of amides is 1. The van der Waals surface area contributed by atoms with Gasteiger partial charge in [0, 0.05) is 5.54 Å². The lowest BCUT2D eigenvalue weighted by atomic mass is 9.88. The predicted molar refractivity (Wildman–Crippen MR) is 90.3 cm³/mol. The van der Waals surface area contributed by atoms with Crippen molar-refractivity contribution in [1.82, 2.24) is 5.32 Å². The van der Waals surface area contributed by atoms with E-state index in [-0.39, 0.29) is 11.4 Å². The third-order valence-electron chi connectivity index (χ3n) is 4.44. The van der Waals surface area contributed by atoms with E-state index in [4.69, 9.17) is 11.6 Å². The molecule has 2 aromatic rings. The molecular weight excluding hydrogens is 294 g/mol. The van der Waals surface area contributed by atoms with Gasteiger partial charge in [-0.05, 0) is 37.0 Å². The third-order valence-corrected chi connectivity index (χ3v) is 4.77. The van der Waals surface area contributed by atoms with Crippen LogP contribution in [0.2, 0.25) is 5.02 Å². The minimum Gasteiger partial charge on any atom is -0.346 e. The van der Waals surface area contributed by atoms with Crippen molar-refractivity contribution >= 4 is 17.5 Å². The Kier molecular flexibility index (Phi) is 4.49. The number of hydrogen-bond donors (Lipinski definition) is 1. The van der Waals surface area contributed by atoms with Crippen molar-refractivity contribution in [2.75, 3.05) is 0 Å². The van der Waals surface area contributed by atoms with Crippen LogP contribution in [0.4, 0.5) is 0 Å². The maximum Gasteiger partial charge on any atom is 0.253 e. The molecule has 0 unspecified atom stereocenters. The number of halogens is 1. The quantitative estimate of drug-likeness (QED) is 0.876. The summed E-state index contributed by atoms with van der Waals surface area (Å²) in [7, 11) is 0. The number of nitrogens with one attached hydrogen (secondary N) is 1. The normalized spacial score (nSPS) is 16.4. The van der Waals surface area contributed by atoms with Gasteiger partial charge in [-0.25, -0.2) is 0 Å². The third kappa shape index (κ3) is 3.33. The van der Waals surface area contributed by atoms with Crippen LogP contribution in [0.1, 0.15) is 41.6 Å². The Balaban J connectivity index is 1.80. The topological polar surface area (TPSA) is 29.1 Å². The second-order valence-electron chi connectivity index (χ2n) is 6.08. The maximum absolute atomic E-state index is 12.6. The summed E-state index contributed by atoms with van der Waals surface area (Å²) in [5.41, 5.74) is 1.68. The van der Waals surface area contributed by atoms with Gasteiger partial charge in [0.05, 0.1) is 10.6 Å². The van der Waals surface area contributed by atoms with E-state index < -0.39 is 0 Å². The van der Waals surface area contributed by atoms with Gasteiger partial charge in [-0.1, -0.05) is 66.9 Å². The Morgan fingerprint density at radius 2 is 1.64 bits per heavy atom. The van der Waals surface area contributed by atoms with Gasteiger partial charge in [-0.2, -0.15) is 0 Å². The minimum absolute atomic E-state index is 0.0663. The molecule has 0 atom stereocenters. The monoisotopic (exact) mass is 313 g/mol. The van der Waals surface area contributed by atoms with Crippen molar-refractivity contribution in [2.24, 2.45) is 0 Å². The standard InChI is InChI=1S/C19H20ClNO/c20-17-11-5-4-10-16(17)18(22)21-19(12-6-7-13-19)14-15-8-2-1-3-9-15/h1-5,8-11H,6-7,12-14H2,(H,21,22). The lowest BCUT2D eigenvalue weighted by Gasteiger charge is -2.31.